The largest absolute Gasteiger partial charge is 0.445 e. The number of amides is 1. The highest BCUT2D eigenvalue weighted by Crippen LogP contribution is 2.26. The number of rotatable bonds is 7. The first-order chi connectivity index (χ1) is 12.3. The van der Waals surface area contributed by atoms with Crippen molar-refractivity contribution in [3.63, 3.8) is 0 Å². The summed E-state index contributed by atoms with van der Waals surface area (Å²) in [6.45, 7) is -0.399. The van der Waals surface area contributed by atoms with Crippen LogP contribution in [0.25, 0.3) is 0 Å². The molecule has 3 N–H and O–H groups in total. The van der Waals surface area contributed by atoms with Gasteiger partial charge in [-0.15, -0.1) is 3.89 Å². The molecule has 0 aromatic heterocycles. The lowest BCUT2D eigenvalue weighted by Crippen LogP contribution is -2.36. The van der Waals surface area contributed by atoms with E-state index in [0.717, 1.165) is 11.6 Å². The predicted octanol–water partition coefficient (Wildman–Crippen LogP) is 1.67. The fourth-order valence-corrected chi connectivity index (χ4v) is 2.94. The Morgan fingerprint density at radius 1 is 1.08 bits per heavy atom. The second kappa shape index (κ2) is 8.75. The van der Waals surface area contributed by atoms with Gasteiger partial charge in [-0.1, -0.05) is 48.5 Å². The number of carbonyl (C=O) groups excluding carboxylic acids is 1. The first-order valence-electron chi connectivity index (χ1n) is 7.63. The van der Waals surface area contributed by atoms with Crippen LogP contribution in [0, 0.1) is 0 Å². The summed E-state index contributed by atoms with van der Waals surface area (Å²) in [5.41, 5.74) is 0.465. The minimum Gasteiger partial charge on any atom is -0.445 e. The molecule has 0 saturated carbocycles. The van der Waals surface area contributed by atoms with E-state index in [0.29, 0.717) is 0 Å². The Morgan fingerprint density at radius 2 is 1.69 bits per heavy atom. The highest BCUT2D eigenvalue weighted by atomic mass is 32.3. The van der Waals surface area contributed by atoms with Crippen LogP contribution in [0.5, 0.6) is 0 Å². The zero-order chi connectivity index (χ0) is 19.2. The van der Waals surface area contributed by atoms with Crippen LogP contribution in [0.4, 0.5) is 8.68 Å². The van der Waals surface area contributed by atoms with E-state index in [4.69, 9.17) is 4.74 Å². The number of hydrogen-bond acceptors (Lipinski definition) is 6. The Kier molecular flexibility index (Phi) is 6.67. The second-order valence-corrected chi connectivity index (χ2v) is 6.75. The van der Waals surface area contributed by atoms with Crippen molar-refractivity contribution >= 4 is 16.3 Å². The summed E-state index contributed by atoms with van der Waals surface area (Å²) in [5, 5.41) is 22.3. The number of aliphatic hydroxyl groups is 2. The molecule has 0 aliphatic rings. The molecule has 2 atom stereocenters. The topological polar surface area (TPSA) is 113 Å². The Morgan fingerprint density at radius 3 is 2.35 bits per heavy atom. The lowest BCUT2D eigenvalue weighted by molar-refractivity contribution is 0.0168. The van der Waals surface area contributed by atoms with Gasteiger partial charge in [0.25, 0.3) is 0 Å². The molecule has 0 radical (unpaired) electrons. The van der Waals surface area contributed by atoms with E-state index in [1.165, 1.54) is 18.2 Å². The summed E-state index contributed by atoms with van der Waals surface area (Å²) in [7, 11) is -5.07. The molecule has 26 heavy (non-hydrogen) atoms. The van der Waals surface area contributed by atoms with Crippen LogP contribution in [0.1, 0.15) is 17.2 Å². The van der Waals surface area contributed by atoms with Gasteiger partial charge in [0, 0.05) is 12.1 Å². The molecule has 0 heterocycles. The van der Waals surface area contributed by atoms with Gasteiger partial charge in [-0.25, -0.2) is 4.79 Å². The third-order valence-electron chi connectivity index (χ3n) is 3.53. The first kappa shape index (κ1) is 19.8. The second-order valence-electron chi connectivity index (χ2n) is 5.43. The molecule has 0 aliphatic carbocycles. The van der Waals surface area contributed by atoms with E-state index in [-0.39, 0.29) is 12.2 Å². The minimum atomic E-state index is -5.07. The molecular weight excluding hydrogens is 365 g/mol. The first-order valence-corrected chi connectivity index (χ1v) is 9.01. The van der Waals surface area contributed by atoms with E-state index in [1.54, 1.807) is 24.3 Å². The van der Waals surface area contributed by atoms with E-state index in [2.05, 4.69) is 5.32 Å². The molecule has 0 fully saturated rings. The minimum absolute atomic E-state index is 0.0221. The summed E-state index contributed by atoms with van der Waals surface area (Å²) in [6, 6.07) is 13.7. The third kappa shape index (κ3) is 5.51. The zero-order valence-electron chi connectivity index (χ0n) is 13.6. The summed E-state index contributed by atoms with van der Waals surface area (Å²) < 4.78 is 40.4. The number of aliphatic hydroxyl groups excluding tert-OH is 2. The van der Waals surface area contributed by atoms with Gasteiger partial charge in [-0.05, 0) is 11.6 Å². The van der Waals surface area contributed by atoms with Crippen LogP contribution in [0.3, 0.4) is 0 Å². The van der Waals surface area contributed by atoms with Crippen molar-refractivity contribution in [2.45, 2.75) is 23.7 Å². The van der Waals surface area contributed by atoms with Crippen molar-refractivity contribution in [2.24, 2.45) is 0 Å². The SMILES string of the molecule is O=C(NCC(O)C(O)c1ccccc1S(=O)(=O)F)OCc1ccccc1. The molecule has 140 valence electrons. The summed E-state index contributed by atoms with van der Waals surface area (Å²) >= 11 is 0. The highest BCUT2D eigenvalue weighted by Gasteiger charge is 2.26. The van der Waals surface area contributed by atoms with E-state index in [1.807, 2.05) is 6.07 Å². The maximum absolute atomic E-state index is 13.3. The zero-order valence-corrected chi connectivity index (χ0v) is 14.4. The van der Waals surface area contributed by atoms with Crippen LogP contribution in [0.15, 0.2) is 59.5 Å². The lowest BCUT2D eigenvalue weighted by Gasteiger charge is -2.20. The molecule has 2 aromatic carbocycles. The van der Waals surface area contributed by atoms with E-state index in [9.17, 15) is 27.3 Å². The van der Waals surface area contributed by atoms with Crippen molar-refractivity contribution in [1.82, 2.24) is 5.32 Å². The Labute approximate surface area is 150 Å². The normalized spacial score (nSPS) is 13.7. The van der Waals surface area contributed by atoms with Gasteiger partial charge >= 0.3 is 16.3 Å². The van der Waals surface area contributed by atoms with Gasteiger partial charge in [-0.3, -0.25) is 0 Å². The molecule has 0 saturated heterocycles. The molecule has 9 heteroatoms. The number of nitrogens with one attached hydrogen (secondary N) is 1. The summed E-state index contributed by atoms with van der Waals surface area (Å²) in [5.74, 6) is 0. The monoisotopic (exact) mass is 383 g/mol. The predicted molar refractivity (Wildman–Crippen MR) is 90.3 cm³/mol. The maximum Gasteiger partial charge on any atom is 0.407 e. The van der Waals surface area contributed by atoms with Gasteiger partial charge < -0.3 is 20.3 Å². The van der Waals surface area contributed by atoms with Crippen molar-refractivity contribution in [3.05, 3.63) is 65.7 Å². The van der Waals surface area contributed by atoms with Crippen molar-refractivity contribution in [3.8, 4) is 0 Å². The molecule has 0 aliphatic heterocycles. The van der Waals surface area contributed by atoms with Crippen LogP contribution in [-0.4, -0.2) is 37.4 Å². The van der Waals surface area contributed by atoms with Crippen LogP contribution >= 0.6 is 0 Å². The van der Waals surface area contributed by atoms with Crippen LogP contribution in [-0.2, 0) is 21.6 Å². The van der Waals surface area contributed by atoms with Gasteiger partial charge in [-0.2, -0.15) is 8.42 Å². The Hall–Kier alpha value is -2.49. The standard InChI is InChI=1S/C17H18FNO6S/c18-26(23,24)15-9-5-4-8-13(15)16(21)14(20)10-19-17(22)25-11-12-6-2-1-3-7-12/h1-9,14,16,20-21H,10-11H2,(H,19,22). The molecule has 1 amide bonds. The Bertz CT molecular complexity index is 843. The third-order valence-corrected chi connectivity index (χ3v) is 4.43. The van der Waals surface area contributed by atoms with Gasteiger partial charge in [0.2, 0.25) is 0 Å². The van der Waals surface area contributed by atoms with Gasteiger partial charge in [0.05, 0.1) is 0 Å². The number of hydrogen-bond donors (Lipinski definition) is 3. The average Bonchev–Trinajstić information content (AvgIpc) is 2.64. The number of alkyl carbamates (subject to hydrolysis) is 1. The lowest BCUT2D eigenvalue weighted by atomic mass is 10.0. The van der Waals surface area contributed by atoms with Crippen molar-refractivity contribution in [2.75, 3.05) is 6.54 Å². The van der Waals surface area contributed by atoms with Crippen molar-refractivity contribution < 1.29 is 32.0 Å². The maximum atomic E-state index is 13.3. The molecule has 2 unspecified atom stereocenters. The van der Waals surface area contributed by atoms with Crippen molar-refractivity contribution in [1.29, 1.82) is 0 Å². The molecule has 7 nitrogen and oxygen atoms in total. The number of ether oxygens (including phenoxy) is 1. The van der Waals surface area contributed by atoms with Gasteiger partial charge in [0.15, 0.2) is 0 Å². The number of halogens is 1. The van der Waals surface area contributed by atoms with Gasteiger partial charge in [0.1, 0.15) is 23.7 Å². The molecule has 2 rings (SSSR count). The van der Waals surface area contributed by atoms with E-state index < -0.39 is 40.0 Å². The van der Waals surface area contributed by atoms with Crippen LogP contribution < -0.4 is 5.32 Å². The molecular formula is C17H18FNO6S. The van der Waals surface area contributed by atoms with Crippen LogP contribution in [0.2, 0.25) is 0 Å². The molecule has 0 spiro atoms. The smallest absolute Gasteiger partial charge is 0.407 e. The number of benzene rings is 2. The fourth-order valence-electron chi connectivity index (χ4n) is 2.23. The summed E-state index contributed by atoms with van der Waals surface area (Å²) in [6.07, 6.45) is -4.11. The summed E-state index contributed by atoms with van der Waals surface area (Å²) in [4.78, 5) is 10.9. The average molecular weight is 383 g/mol. The highest BCUT2D eigenvalue weighted by molar-refractivity contribution is 7.86. The Balaban J connectivity index is 1.91. The quantitative estimate of drug-likeness (QED) is 0.627. The fraction of sp³-hybridized carbons (Fsp3) is 0.235. The molecule has 0 bridgehead atoms. The molecule has 2 aromatic rings. The number of carbonyl (C=O) groups is 1. The van der Waals surface area contributed by atoms with E-state index >= 15 is 0 Å².